The van der Waals surface area contributed by atoms with E-state index >= 15 is 0 Å². The number of anilines is 1. The summed E-state index contributed by atoms with van der Waals surface area (Å²) in [6.45, 7) is 9.07. The second-order valence-corrected chi connectivity index (χ2v) is 4.72. The molecule has 0 fully saturated rings. The van der Waals surface area contributed by atoms with Crippen LogP contribution < -0.4 is 10.2 Å². The van der Waals surface area contributed by atoms with Gasteiger partial charge >= 0.3 is 0 Å². The van der Waals surface area contributed by atoms with E-state index in [0.717, 1.165) is 31.7 Å². The van der Waals surface area contributed by atoms with Crippen LogP contribution in [0.5, 0.6) is 0 Å². The summed E-state index contributed by atoms with van der Waals surface area (Å²) in [6, 6.07) is 4.42. The van der Waals surface area contributed by atoms with Crippen LogP contribution in [-0.2, 0) is 0 Å². The summed E-state index contributed by atoms with van der Waals surface area (Å²) in [5.41, 5.74) is 1.22. The highest BCUT2D eigenvalue weighted by Gasteiger charge is 2.15. The molecular weight excluding hydrogens is 234 g/mol. The van der Waals surface area contributed by atoms with Crippen LogP contribution in [0.1, 0.15) is 45.2 Å². The summed E-state index contributed by atoms with van der Waals surface area (Å²) in [7, 11) is 0. The van der Waals surface area contributed by atoms with Gasteiger partial charge in [-0.15, -0.1) is 6.42 Å². The topological polar surface area (TPSA) is 28.2 Å². The van der Waals surface area contributed by atoms with Crippen LogP contribution in [0.3, 0.4) is 0 Å². The molecule has 0 aromatic carbocycles. The second-order valence-electron chi connectivity index (χ2n) is 4.72. The maximum Gasteiger partial charge on any atom is 0.134 e. The van der Waals surface area contributed by atoms with Crippen molar-refractivity contribution in [3.63, 3.8) is 0 Å². The molecule has 1 aromatic rings. The number of rotatable bonds is 8. The van der Waals surface area contributed by atoms with Gasteiger partial charge in [0.15, 0.2) is 0 Å². The first-order valence-corrected chi connectivity index (χ1v) is 7.11. The number of aromatic nitrogens is 1. The number of pyridine rings is 1. The van der Waals surface area contributed by atoms with Crippen molar-refractivity contribution in [3.05, 3.63) is 23.9 Å². The fourth-order valence-corrected chi connectivity index (χ4v) is 2.12. The molecule has 104 valence electrons. The first kappa shape index (κ1) is 15.5. The molecule has 0 aliphatic heterocycles. The van der Waals surface area contributed by atoms with Crippen LogP contribution in [0.4, 0.5) is 5.82 Å². The Hall–Kier alpha value is -1.53. The molecule has 1 atom stereocenters. The number of hydrogen-bond acceptors (Lipinski definition) is 3. The maximum atomic E-state index is 5.47. The molecule has 3 nitrogen and oxygen atoms in total. The van der Waals surface area contributed by atoms with Gasteiger partial charge in [-0.2, -0.15) is 0 Å². The average molecular weight is 259 g/mol. The van der Waals surface area contributed by atoms with Gasteiger partial charge in [0.1, 0.15) is 5.82 Å². The maximum absolute atomic E-state index is 5.47. The van der Waals surface area contributed by atoms with Crippen molar-refractivity contribution in [3.8, 4) is 12.3 Å². The van der Waals surface area contributed by atoms with Crippen LogP contribution in [0.25, 0.3) is 0 Å². The van der Waals surface area contributed by atoms with Crippen LogP contribution in [0.2, 0.25) is 0 Å². The molecule has 1 rings (SSSR count). The van der Waals surface area contributed by atoms with Crippen molar-refractivity contribution in [2.45, 2.75) is 39.7 Å². The van der Waals surface area contributed by atoms with Crippen LogP contribution in [0, 0.1) is 12.3 Å². The minimum absolute atomic E-state index is 0.292. The number of nitrogens with zero attached hydrogens (tertiary/aromatic N) is 2. The van der Waals surface area contributed by atoms with E-state index in [1.807, 2.05) is 12.3 Å². The van der Waals surface area contributed by atoms with Crippen molar-refractivity contribution < 1.29 is 0 Å². The Balaban J connectivity index is 2.95. The van der Waals surface area contributed by atoms with Crippen molar-refractivity contribution in [2.24, 2.45) is 0 Å². The molecule has 0 saturated carbocycles. The molecule has 0 spiro atoms. The monoisotopic (exact) mass is 259 g/mol. The van der Waals surface area contributed by atoms with Gasteiger partial charge in [-0.1, -0.05) is 25.8 Å². The predicted molar refractivity (Wildman–Crippen MR) is 82.3 cm³/mol. The highest BCUT2D eigenvalue weighted by molar-refractivity contribution is 5.49. The molecule has 0 aliphatic carbocycles. The van der Waals surface area contributed by atoms with E-state index in [2.05, 4.69) is 48.0 Å². The van der Waals surface area contributed by atoms with E-state index in [1.54, 1.807) is 0 Å². The Morgan fingerprint density at radius 2 is 2.21 bits per heavy atom. The SMILES string of the molecule is C#CCN(CCC)c1ncccc1C(C)NCCC. The second kappa shape index (κ2) is 8.55. The van der Waals surface area contributed by atoms with Gasteiger partial charge in [0.2, 0.25) is 0 Å². The van der Waals surface area contributed by atoms with E-state index in [1.165, 1.54) is 5.56 Å². The summed E-state index contributed by atoms with van der Waals surface area (Å²) in [4.78, 5) is 6.72. The van der Waals surface area contributed by atoms with Gasteiger partial charge in [-0.3, -0.25) is 0 Å². The molecule has 1 N–H and O–H groups in total. The van der Waals surface area contributed by atoms with Gasteiger partial charge in [0.05, 0.1) is 6.54 Å². The van der Waals surface area contributed by atoms with Crippen LogP contribution in [0.15, 0.2) is 18.3 Å². The lowest BCUT2D eigenvalue weighted by molar-refractivity contribution is 0.567. The molecule has 19 heavy (non-hydrogen) atoms. The number of hydrogen-bond donors (Lipinski definition) is 1. The smallest absolute Gasteiger partial charge is 0.134 e. The van der Waals surface area contributed by atoms with E-state index in [-0.39, 0.29) is 0 Å². The summed E-state index contributed by atoms with van der Waals surface area (Å²) < 4.78 is 0. The standard InChI is InChI=1S/C16H25N3/c1-5-10-17-14(4)15-9-8-11-18-16(15)19(12-6-2)13-7-3/h2,8-9,11,14,17H,5,7,10,12-13H2,1,3-4H3. The first-order chi connectivity index (χ1) is 9.24. The van der Waals surface area contributed by atoms with E-state index in [4.69, 9.17) is 6.42 Å². The Labute approximate surface area is 117 Å². The molecule has 1 heterocycles. The van der Waals surface area contributed by atoms with Gasteiger partial charge in [-0.05, 0) is 32.4 Å². The molecule has 0 bridgehead atoms. The molecule has 0 amide bonds. The van der Waals surface area contributed by atoms with Gasteiger partial charge < -0.3 is 10.2 Å². The van der Waals surface area contributed by atoms with E-state index in [9.17, 15) is 0 Å². The Bertz CT molecular complexity index is 409. The van der Waals surface area contributed by atoms with Crippen LogP contribution in [-0.4, -0.2) is 24.6 Å². The zero-order valence-corrected chi connectivity index (χ0v) is 12.3. The minimum Gasteiger partial charge on any atom is -0.345 e. The van der Waals surface area contributed by atoms with Crippen molar-refractivity contribution in [2.75, 3.05) is 24.5 Å². The summed E-state index contributed by atoms with van der Waals surface area (Å²) in [6.07, 6.45) is 9.50. The fourth-order valence-electron chi connectivity index (χ4n) is 2.12. The molecule has 0 radical (unpaired) electrons. The van der Waals surface area contributed by atoms with Gasteiger partial charge in [-0.25, -0.2) is 4.98 Å². The van der Waals surface area contributed by atoms with Crippen molar-refractivity contribution in [1.29, 1.82) is 0 Å². The van der Waals surface area contributed by atoms with Crippen molar-refractivity contribution >= 4 is 5.82 Å². The fraction of sp³-hybridized carbons (Fsp3) is 0.562. The lowest BCUT2D eigenvalue weighted by Gasteiger charge is -2.26. The van der Waals surface area contributed by atoms with Crippen molar-refractivity contribution in [1.82, 2.24) is 10.3 Å². The quantitative estimate of drug-likeness (QED) is 0.727. The first-order valence-electron chi connectivity index (χ1n) is 7.11. The summed E-state index contributed by atoms with van der Waals surface area (Å²) >= 11 is 0. The molecule has 1 aromatic heterocycles. The molecule has 0 saturated heterocycles. The highest BCUT2D eigenvalue weighted by atomic mass is 15.2. The lowest BCUT2D eigenvalue weighted by Crippen LogP contribution is -2.29. The van der Waals surface area contributed by atoms with Crippen LogP contribution >= 0.6 is 0 Å². The normalized spacial score (nSPS) is 11.9. The van der Waals surface area contributed by atoms with E-state index in [0.29, 0.717) is 12.6 Å². The molecule has 3 heteroatoms. The van der Waals surface area contributed by atoms with Gasteiger partial charge in [0.25, 0.3) is 0 Å². The number of nitrogens with one attached hydrogen (secondary N) is 1. The third kappa shape index (κ3) is 4.57. The van der Waals surface area contributed by atoms with Gasteiger partial charge in [0, 0.05) is 24.3 Å². The molecule has 0 aliphatic rings. The lowest BCUT2D eigenvalue weighted by atomic mass is 10.1. The minimum atomic E-state index is 0.292. The predicted octanol–water partition coefficient (Wildman–Crippen LogP) is 2.99. The molecule has 1 unspecified atom stereocenters. The zero-order valence-electron chi connectivity index (χ0n) is 12.3. The third-order valence-electron chi connectivity index (χ3n) is 3.06. The Kier molecular flexibility index (Phi) is 6.99. The number of terminal acetylenes is 1. The highest BCUT2D eigenvalue weighted by Crippen LogP contribution is 2.23. The third-order valence-corrected chi connectivity index (χ3v) is 3.06. The summed E-state index contributed by atoms with van der Waals surface area (Å²) in [5, 5.41) is 3.51. The molecular formula is C16H25N3. The largest absolute Gasteiger partial charge is 0.345 e. The average Bonchev–Trinajstić information content (AvgIpc) is 2.44. The van der Waals surface area contributed by atoms with E-state index < -0.39 is 0 Å². The Morgan fingerprint density at radius 3 is 2.84 bits per heavy atom. The zero-order chi connectivity index (χ0) is 14.1. The summed E-state index contributed by atoms with van der Waals surface area (Å²) in [5.74, 6) is 3.74. The Morgan fingerprint density at radius 1 is 1.42 bits per heavy atom.